The number of methoxy groups -OCH3 is 1. The minimum atomic E-state index is 0.481. The van der Waals surface area contributed by atoms with E-state index in [1.165, 1.54) is 0 Å². The Bertz CT molecular complexity index is 801. The number of hydrogen-bond acceptors (Lipinski definition) is 6. The number of oxazole rings is 1. The summed E-state index contributed by atoms with van der Waals surface area (Å²) in [6, 6.07) is 17.6. The fraction of sp³-hybridized carbons (Fsp3) is 0.318. The summed E-state index contributed by atoms with van der Waals surface area (Å²) in [6.07, 6.45) is 1.74. The molecule has 3 aromatic rings. The number of ether oxygens (including phenoxy) is 4. The van der Waals surface area contributed by atoms with Crippen LogP contribution in [0.3, 0.4) is 0 Å². The van der Waals surface area contributed by atoms with Gasteiger partial charge in [-0.1, -0.05) is 30.3 Å². The van der Waals surface area contributed by atoms with Crippen molar-refractivity contribution in [2.24, 2.45) is 0 Å². The maximum atomic E-state index is 5.86. The van der Waals surface area contributed by atoms with E-state index in [4.69, 9.17) is 23.4 Å². The van der Waals surface area contributed by atoms with Crippen molar-refractivity contribution in [2.75, 3.05) is 46.8 Å². The lowest BCUT2D eigenvalue weighted by Gasteiger charge is -2.08. The maximum Gasteiger partial charge on any atom is 0.226 e. The quantitative estimate of drug-likeness (QED) is 0.440. The summed E-state index contributed by atoms with van der Waals surface area (Å²) < 4.78 is 27.2. The van der Waals surface area contributed by atoms with Crippen LogP contribution in [0.5, 0.6) is 5.75 Å². The number of hydrogen-bond donors (Lipinski definition) is 0. The molecule has 148 valence electrons. The smallest absolute Gasteiger partial charge is 0.226 e. The predicted octanol–water partition coefficient (Wildman–Crippen LogP) is 4.07. The fourth-order valence-corrected chi connectivity index (χ4v) is 2.52. The normalized spacial score (nSPS) is 10.9. The lowest BCUT2D eigenvalue weighted by Crippen LogP contribution is -2.12. The highest BCUT2D eigenvalue weighted by molar-refractivity contribution is 5.61. The van der Waals surface area contributed by atoms with Crippen molar-refractivity contribution >= 4 is 0 Å². The van der Waals surface area contributed by atoms with E-state index in [1.54, 1.807) is 13.3 Å². The van der Waals surface area contributed by atoms with Crippen LogP contribution in [0.25, 0.3) is 22.8 Å². The van der Waals surface area contributed by atoms with Gasteiger partial charge in [0.1, 0.15) is 12.4 Å². The van der Waals surface area contributed by atoms with Crippen molar-refractivity contribution in [1.29, 1.82) is 0 Å². The van der Waals surface area contributed by atoms with E-state index in [-0.39, 0.29) is 0 Å². The van der Waals surface area contributed by atoms with E-state index in [9.17, 15) is 0 Å². The van der Waals surface area contributed by atoms with Crippen LogP contribution < -0.4 is 4.74 Å². The molecule has 0 saturated carbocycles. The topological polar surface area (TPSA) is 63.0 Å². The molecule has 0 aliphatic heterocycles. The standard InChI is InChI=1S/C22H25NO5/c1-24-11-12-25-13-14-26-15-16-27-20-9-7-19(8-10-20)22-23-17-21(28-22)18-5-3-2-4-6-18/h2-10,17H,11-16H2,1H3. The zero-order valence-corrected chi connectivity index (χ0v) is 16.0. The van der Waals surface area contributed by atoms with Crippen molar-refractivity contribution in [3.05, 3.63) is 60.8 Å². The molecule has 1 aromatic heterocycles. The van der Waals surface area contributed by atoms with Gasteiger partial charge >= 0.3 is 0 Å². The highest BCUT2D eigenvalue weighted by atomic mass is 16.6. The molecule has 1 heterocycles. The van der Waals surface area contributed by atoms with Crippen LogP contribution in [0, 0.1) is 0 Å². The number of benzene rings is 2. The summed E-state index contributed by atoms with van der Waals surface area (Å²) in [4.78, 5) is 4.37. The van der Waals surface area contributed by atoms with Gasteiger partial charge in [0.25, 0.3) is 0 Å². The summed E-state index contributed by atoms with van der Waals surface area (Å²) in [6.45, 7) is 3.27. The largest absolute Gasteiger partial charge is 0.491 e. The lowest BCUT2D eigenvalue weighted by atomic mass is 10.2. The minimum Gasteiger partial charge on any atom is -0.491 e. The van der Waals surface area contributed by atoms with Crippen LogP contribution in [0.15, 0.2) is 65.2 Å². The third-order valence-corrected chi connectivity index (χ3v) is 3.97. The van der Waals surface area contributed by atoms with Crippen molar-refractivity contribution in [2.45, 2.75) is 0 Å². The Labute approximate surface area is 165 Å². The molecular weight excluding hydrogens is 358 g/mol. The molecule has 0 N–H and O–H groups in total. The monoisotopic (exact) mass is 383 g/mol. The molecule has 3 rings (SSSR count). The summed E-state index contributed by atoms with van der Waals surface area (Å²) >= 11 is 0. The van der Waals surface area contributed by atoms with E-state index in [2.05, 4.69) is 4.98 Å². The van der Waals surface area contributed by atoms with E-state index in [0.717, 1.165) is 22.6 Å². The summed E-state index contributed by atoms with van der Waals surface area (Å²) in [5.74, 6) is 2.11. The first kappa shape index (κ1) is 20.1. The fourth-order valence-electron chi connectivity index (χ4n) is 2.52. The molecule has 0 fully saturated rings. The first-order valence-corrected chi connectivity index (χ1v) is 9.26. The van der Waals surface area contributed by atoms with Crippen molar-refractivity contribution in [3.63, 3.8) is 0 Å². The van der Waals surface area contributed by atoms with Gasteiger partial charge < -0.3 is 23.4 Å². The van der Waals surface area contributed by atoms with Crippen molar-refractivity contribution in [3.8, 4) is 28.5 Å². The van der Waals surface area contributed by atoms with Gasteiger partial charge in [-0.25, -0.2) is 4.98 Å². The molecule has 0 aliphatic carbocycles. The van der Waals surface area contributed by atoms with E-state index in [0.29, 0.717) is 45.5 Å². The number of aromatic nitrogens is 1. The van der Waals surface area contributed by atoms with Gasteiger partial charge in [-0.3, -0.25) is 0 Å². The molecule has 0 radical (unpaired) electrons. The highest BCUT2D eigenvalue weighted by Crippen LogP contribution is 2.27. The molecule has 28 heavy (non-hydrogen) atoms. The van der Waals surface area contributed by atoms with Gasteiger partial charge in [0.2, 0.25) is 5.89 Å². The third kappa shape index (κ3) is 6.20. The second-order valence-electron chi connectivity index (χ2n) is 5.99. The second-order valence-corrected chi connectivity index (χ2v) is 5.99. The Kier molecular flexibility index (Phi) is 8.06. The molecule has 6 nitrogen and oxygen atoms in total. The van der Waals surface area contributed by atoms with Gasteiger partial charge in [-0.05, 0) is 24.3 Å². The van der Waals surface area contributed by atoms with Crippen molar-refractivity contribution in [1.82, 2.24) is 4.98 Å². The van der Waals surface area contributed by atoms with Crippen LogP contribution in [-0.4, -0.2) is 51.7 Å². The van der Waals surface area contributed by atoms with Gasteiger partial charge in [0, 0.05) is 18.2 Å². The van der Waals surface area contributed by atoms with Crippen molar-refractivity contribution < 1.29 is 23.4 Å². The second kappa shape index (κ2) is 11.2. The van der Waals surface area contributed by atoms with Gasteiger partial charge in [-0.2, -0.15) is 0 Å². The van der Waals surface area contributed by atoms with E-state index < -0.39 is 0 Å². The maximum absolute atomic E-state index is 5.86. The Balaban J connectivity index is 1.40. The highest BCUT2D eigenvalue weighted by Gasteiger charge is 2.08. The molecule has 0 atom stereocenters. The first-order chi connectivity index (χ1) is 13.9. The summed E-state index contributed by atoms with van der Waals surface area (Å²) in [5.41, 5.74) is 1.91. The third-order valence-electron chi connectivity index (χ3n) is 3.97. The Morgan fingerprint density at radius 1 is 0.750 bits per heavy atom. The zero-order chi connectivity index (χ0) is 19.4. The van der Waals surface area contributed by atoms with Crippen LogP contribution >= 0.6 is 0 Å². The first-order valence-electron chi connectivity index (χ1n) is 9.26. The van der Waals surface area contributed by atoms with Gasteiger partial charge in [0.15, 0.2) is 5.76 Å². The van der Waals surface area contributed by atoms with Gasteiger partial charge in [-0.15, -0.1) is 0 Å². The predicted molar refractivity (Wildman–Crippen MR) is 106 cm³/mol. The number of nitrogens with zero attached hydrogens (tertiary/aromatic N) is 1. The average Bonchev–Trinajstić information content (AvgIpc) is 3.24. The molecule has 0 unspecified atom stereocenters. The molecule has 2 aromatic carbocycles. The molecule has 0 saturated heterocycles. The molecular formula is C22H25NO5. The lowest BCUT2D eigenvalue weighted by molar-refractivity contribution is 0.0180. The Morgan fingerprint density at radius 2 is 1.43 bits per heavy atom. The van der Waals surface area contributed by atoms with Crippen LogP contribution in [0.2, 0.25) is 0 Å². The summed E-state index contributed by atoms with van der Waals surface area (Å²) in [5, 5.41) is 0. The van der Waals surface area contributed by atoms with Crippen LogP contribution in [-0.2, 0) is 14.2 Å². The molecule has 0 bridgehead atoms. The molecule has 0 amide bonds. The molecule has 0 spiro atoms. The number of rotatable bonds is 12. The van der Waals surface area contributed by atoms with E-state index in [1.807, 2.05) is 54.6 Å². The Morgan fingerprint density at radius 3 is 2.14 bits per heavy atom. The molecule has 6 heteroatoms. The molecule has 0 aliphatic rings. The van der Waals surface area contributed by atoms with Gasteiger partial charge in [0.05, 0.1) is 39.2 Å². The zero-order valence-electron chi connectivity index (χ0n) is 16.0. The van der Waals surface area contributed by atoms with E-state index >= 15 is 0 Å². The minimum absolute atomic E-state index is 0.481. The average molecular weight is 383 g/mol. The summed E-state index contributed by atoms with van der Waals surface area (Å²) in [7, 11) is 1.65. The van der Waals surface area contributed by atoms with Crippen LogP contribution in [0.4, 0.5) is 0 Å². The Hall–Kier alpha value is -2.67. The van der Waals surface area contributed by atoms with Crippen LogP contribution in [0.1, 0.15) is 0 Å². The SMILES string of the molecule is COCCOCCOCCOc1ccc(-c2ncc(-c3ccccc3)o2)cc1.